The van der Waals surface area contributed by atoms with E-state index in [2.05, 4.69) is 62.3 Å². The quantitative estimate of drug-likeness (QED) is 0.687. The predicted molar refractivity (Wildman–Crippen MR) is 104 cm³/mol. The van der Waals surface area contributed by atoms with Crippen molar-refractivity contribution < 1.29 is 0 Å². The molecule has 0 amide bonds. The summed E-state index contributed by atoms with van der Waals surface area (Å²) in [4.78, 5) is 13.6. The minimum Gasteiger partial charge on any atom is -0.356 e. The van der Waals surface area contributed by atoms with E-state index in [1.807, 2.05) is 25.4 Å². The lowest BCUT2D eigenvalue weighted by Gasteiger charge is -2.37. The van der Waals surface area contributed by atoms with Crippen molar-refractivity contribution >= 4 is 11.8 Å². The number of rotatable bonds is 4. The van der Waals surface area contributed by atoms with Crippen LogP contribution in [0.5, 0.6) is 0 Å². The number of aromatic nitrogens is 1. The van der Waals surface area contributed by atoms with E-state index in [1.165, 1.54) is 11.1 Å². The van der Waals surface area contributed by atoms with Crippen LogP contribution in [0, 0.1) is 6.92 Å². The number of nitrogens with one attached hydrogen (secondary N) is 1. The topological polar surface area (TPSA) is 43.8 Å². The lowest BCUT2D eigenvalue weighted by Crippen LogP contribution is -2.53. The monoisotopic (exact) mass is 337 g/mol. The van der Waals surface area contributed by atoms with Crippen LogP contribution in [-0.2, 0) is 6.42 Å². The van der Waals surface area contributed by atoms with Gasteiger partial charge in [-0.2, -0.15) is 0 Å². The number of aryl methyl sites for hydroxylation is 1. The Morgan fingerprint density at radius 1 is 1.08 bits per heavy atom. The van der Waals surface area contributed by atoms with E-state index in [9.17, 15) is 0 Å². The molecule has 25 heavy (non-hydrogen) atoms. The van der Waals surface area contributed by atoms with E-state index in [4.69, 9.17) is 0 Å². The van der Waals surface area contributed by atoms with Crippen molar-refractivity contribution in [3.05, 3.63) is 59.8 Å². The van der Waals surface area contributed by atoms with Crippen molar-refractivity contribution in [1.82, 2.24) is 15.2 Å². The molecule has 0 spiro atoms. The van der Waals surface area contributed by atoms with Crippen molar-refractivity contribution in [2.45, 2.75) is 13.3 Å². The van der Waals surface area contributed by atoms with Gasteiger partial charge in [0, 0.05) is 46.0 Å². The number of aliphatic imine (C=N–C) groups is 1. The number of hydrogen-bond donors (Lipinski definition) is 1. The van der Waals surface area contributed by atoms with Crippen LogP contribution in [0.2, 0.25) is 0 Å². The van der Waals surface area contributed by atoms with Gasteiger partial charge in [0.15, 0.2) is 5.96 Å². The standard InChI is InChI=1S/C20H27N5/c1-17-6-8-18(9-7-17)10-12-23-20(21-2)25-15-13-24(14-16-25)19-5-3-4-11-22-19/h3-9,11H,10,12-16H2,1-2H3,(H,21,23). The number of hydrogen-bond acceptors (Lipinski definition) is 3. The van der Waals surface area contributed by atoms with E-state index >= 15 is 0 Å². The van der Waals surface area contributed by atoms with Crippen LogP contribution < -0.4 is 10.2 Å². The average Bonchev–Trinajstić information content (AvgIpc) is 2.68. The Balaban J connectivity index is 1.47. The third-order valence-electron chi connectivity index (χ3n) is 4.58. The van der Waals surface area contributed by atoms with Crippen LogP contribution in [0.15, 0.2) is 53.7 Å². The zero-order chi connectivity index (χ0) is 17.5. The average molecular weight is 337 g/mol. The maximum Gasteiger partial charge on any atom is 0.193 e. The van der Waals surface area contributed by atoms with E-state index in [0.29, 0.717) is 0 Å². The van der Waals surface area contributed by atoms with Crippen LogP contribution in [0.1, 0.15) is 11.1 Å². The highest BCUT2D eigenvalue weighted by Crippen LogP contribution is 2.12. The Morgan fingerprint density at radius 3 is 2.48 bits per heavy atom. The summed E-state index contributed by atoms with van der Waals surface area (Å²) < 4.78 is 0. The Kier molecular flexibility index (Phi) is 5.88. The van der Waals surface area contributed by atoms with Gasteiger partial charge in [-0.1, -0.05) is 35.9 Å². The summed E-state index contributed by atoms with van der Waals surface area (Å²) in [5.41, 5.74) is 2.66. The number of nitrogens with zero attached hydrogens (tertiary/aromatic N) is 4. The molecule has 1 fully saturated rings. The van der Waals surface area contributed by atoms with Gasteiger partial charge in [-0.25, -0.2) is 4.98 Å². The summed E-state index contributed by atoms with van der Waals surface area (Å²) >= 11 is 0. The van der Waals surface area contributed by atoms with E-state index < -0.39 is 0 Å². The van der Waals surface area contributed by atoms with Gasteiger partial charge in [0.2, 0.25) is 0 Å². The molecular weight excluding hydrogens is 310 g/mol. The van der Waals surface area contributed by atoms with Crippen LogP contribution in [0.4, 0.5) is 5.82 Å². The highest BCUT2D eigenvalue weighted by molar-refractivity contribution is 5.80. The molecule has 0 radical (unpaired) electrons. The van der Waals surface area contributed by atoms with Gasteiger partial charge in [0.1, 0.15) is 5.82 Å². The van der Waals surface area contributed by atoms with Crippen LogP contribution in [0.3, 0.4) is 0 Å². The maximum absolute atomic E-state index is 4.45. The fourth-order valence-electron chi connectivity index (χ4n) is 3.09. The van der Waals surface area contributed by atoms with Gasteiger partial charge in [0.05, 0.1) is 0 Å². The number of pyridine rings is 1. The third-order valence-corrected chi connectivity index (χ3v) is 4.58. The molecule has 1 N–H and O–H groups in total. The zero-order valence-electron chi connectivity index (χ0n) is 15.2. The summed E-state index contributed by atoms with van der Waals surface area (Å²) in [7, 11) is 1.86. The number of benzene rings is 1. The Labute approximate surface area is 150 Å². The Hall–Kier alpha value is -2.56. The van der Waals surface area contributed by atoms with Gasteiger partial charge < -0.3 is 15.1 Å². The van der Waals surface area contributed by atoms with Gasteiger partial charge in [-0.05, 0) is 31.0 Å². The van der Waals surface area contributed by atoms with Gasteiger partial charge in [-0.3, -0.25) is 4.99 Å². The summed E-state index contributed by atoms with van der Waals surface area (Å²) in [5.74, 6) is 2.05. The minimum atomic E-state index is 0.899. The molecule has 2 heterocycles. The predicted octanol–water partition coefficient (Wildman–Crippen LogP) is 2.33. The molecule has 0 saturated carbocycles. The van der Waals surface area contributed by atoms with Gasteiger partial charge in [-0.15, -0.1) is 0 Å². The minimum absolute atomic E-state index is 0.899. The van der Waals surface area contributed by atoms with Crippen LogP contribution in [0.25, 0.3) is 0 Å². The highest BCUT2D eigenvalue weighted by Gasteiger charge is 2.20. The molecule has 132 valence electrons. The van der Waals surface area contributed by atoms with Crippen molar-refractivity contribution in [3.63, 3.8) is 0 Å². The molecule has 1 aromatic heterocycles. The van der Waals surface area contributed by atoms with Gasteiger partial charge >= 0.3 is 0 Å². The molecule has 0 atom stereocenters. The first kappa shape index (κ1) is 17.3. The number of anilines is 1. The fourth-order valence-corrected chi connectivity index (χ4v) is 3.09. The Morgan fingerprint density at radius 2 is 1.84 bits per heavy atom. The number of guanidine groups is 1. The van der Waals surface area contributed by atoms with Crippen molar-refractivity contribution in [1.29, 1.82) is 0 Å². The summed E-state index contributed by atoms with van der Waals surface area (Å²) in [6, 6.07) is 14.8. The molecule has 0 aliphatic carbocycles. The van der Waals surface area contributed by atoms with Crippen LogP contribution in [-0.4, -0.2) is 55.6 Å². The molecule has 5 heteroatoms. The first-order valence-electron chi connectivity index (χ1n) is 8.93. The highest BCUT2D eigenvalue weighted by atomic mass is 15.4. The van der Waals surface area contributed by atoms with Crippen LogP contribution >= 0.6 is 0 Å². The van der Waals surface area contributed by atoms with Crippen molar-refractivity contribution in [2.75, 3.05) is 44.7 Å². The zero-order valence-corrected chi connectivity index (χ0v) is 15.2. The molecule has 1 saturated heterocycles. The first-order valence-corrected chi connectivity index (χ1v) is 8.93. The lowest BCUT2D eigenvalue weighted by molar-refractivity contribution is 0.372. The molecule has 1 aliphatic rings. The third kappa shape index (κ3) is 4.72. The fraction of sp³-hybridized carbons (Fsp3) is 0.400. The molecule has 3 rings (SSSR count). The van der Waals surface area contributed by atoms with Crippen molar-refractivity contribution in [2.24, 2.45) is 4.99 Å². The van der Waals surface area contributed by atoms with E-state index in [0.717, 1.165) is 50.9 Å². The van der Waals surface area contributed by atoms with E-state index in [-0.39, 0.29) is 0 Å². The molecule has 0 bridgehead atoms. The second-order valence-corrected chi connectivity index (χ2v) is 6.37. The SMILES string of the molecule is CN=C(NCCc1ccc(C)cc1)N1CCN(c2ccccn2)CC1. The number of piperazine rings is 1. The second kappa shape index (κ2) is 8.51. The summed E-state index contributed by atoms with van der Waals surface area (Å²) in [6.45, 7) is 6.87. The van der Waals surface area contributed by atoms with E-state index in [1.54, 1.807) is 0 Å². The molecule has 2 aromatic rings. The summed E-state index contributed by atoms with van der Waals surface area (Å²) in [6.07, 6.45) is 2.86. The molecular formula is C20H27N5. The maximum atomic E-state index is 4.45. The Bertz CT molecular complexity index is 673. The lowest BCUT2D eigenvalue weighted by atomic mass is 10.1. The molecule has 5 nitrogen and oxygen atoms in total. The summed E-state index contributed by atoms with van der Waals surface area (Å²) in [5, 5.41) is 3.50. The molecule has 1 aliphatic heterocycles. The van der Waals surface area contributed by atoms with Gasteiger partial charge in [0.25, 0.3) is 0 Å². The van der Waals surface area contributed by atoms with Crippen molar-refractivity contribution in [3.8, 4) is 0 Å². The first-order chi connectivity index (χ1) is 12.3. The molecule has 0 unspecified atom stereocenters. The molecule has 1 aromatic carbocycles. The smallest absolute Gasteiger partial charge is 0.193 e. The largest absolute Gasteiger partial charge is 0.356 e. The normalized spacial score (nSPS) is 15.4. The second-order valence-electron chi connectivity index (χ2n) is 6.37.